The van der Waals surface area contributed by atoms with Gasteiger partial charge < -0.3 is 10.6 Å². The lowest BCUT2D eigenvalue weighted by atomic mass is 9.83. The first kappa shape index (κ1) is 13.5. The minimum atomic E-state index is 0.134. The largest absolute Gasteiger partial charge is 0.355 e. The topological polar surface area (TPSA) is 41.1 Å². The lowest BCUT2D eigenvalue weighted by Crippen LogP contribution is -2.35. The fraction of sp³-hybridized carbons (Fsp3) is 0.923. The number of carbonyl (C=O) groups excluding carboxylic acids is 1. The Hall–Kier alpha value is -0.570. The van der Waals surface area contributed by atoms with Crippen LogP contribution in [0.25, 0.3) is 0 Å². The molecule has 1 rings (SSSR count). The van der Waals surface area contributed by atoms with Crippen molar-refractivity contribution in [2.45, 2.75) is 46.0 Å². The molecule has 0 aromatic rings. The zero-order valence-corrected chi connectivity index (χ0v) is 10.7. The molecule has 0 saturated heterocycles. The quantitative estimate of drug-likeness (QED) is 0.621. The summed E-state index contributed by atoms with van der Waals surface area (Å²) in [5.74, 6) is 1.72. The fourth-order valence-corrected chi connectivity index (χ4v) is 1.85. The zero-order chi connectivity index (χ0) is 11.8. The van der Waals surface area contributed by atoms with Crippen LogP contribution in [-0.2, 0) is 4.79 Å². The van der Waals surface area contributed by atoms with Crippen LogP contribution in [0.2, 0.25) is 0 Å². The van der Waals surface area contributed by atoms with E-state index in [2.05, 4.69) is 24.5 Å². The SMILES string of the molecule is CC(C)CCNC(=O)CNCCC1CCC1. The van der Waals surface area contributed by atoms with E-state index < -0.39 is 0 Å². The highest BCUT2D eigenvalue weighted by atomic mass is 16.1. The summed E-state index contributed by atoms with van der Waals surface area (Å²) in [6.07, 6.45) is 6.48. The monoisotopic (exact) mass is 226 g/mol. The van der Waals surface area contributed by atoms with Gasteiger partial charge in [-0.25, -0.2) is 0 Å². The summed E-state index contributed by atoms with van der Waals surface area (Å²) in [5.41, 5.74) is 0. The summed E-state index contributed by atoms with van der Waals surface area (Å²) in [4.78, 5) is 11.4. The highest BCUT2D eigenvalue weighted by Crippen LogP contribution is 2.28. The van der Waals surface area contributed by atoms with Crippen LogP contribution >= 0.6 is 0 Å². The molecule has 0 aromatic heterocycles. The Labute approximate surface area is 99.4 Å². The van der Waals surface area contributed by atoms with Crippen LogP contribution in [0.4, 0.5) is 0 Å². The van der Waals surface area contributed by atoms with Crippen molar-refractivity contribution in [3.63, 3.8) is 0 Å². The molecule has 3 heteroatoms. The molecule has 1 saturated carbocycles. The summed E-state index contributed by atoms with van der Waals surface area (Å²) >= 11 is 0. The molecule has 0 heterocycles. The van der Waals surface area contributed by atoms with E-state index in [1.54, 1.807) is 0 Å². The first-order valence-electron chi connectivity index (χ1n) is 6.66. The molecule has 3 nitrogen and oxygen atoms in total. The highest BCUT2D eigenvalue weighted by Gasteiger charge is 2.16. The van der Waals surface area contributed by atoms with E-state index in [-0.39, 0.29) is 5.91 Å². The first-order valence-corrected chi connectivity index (χ1v) is 6.66. The van der Waals surface area contributed by atoms with Crippen molar-refractivity contribution in [2.75, 3.05) is 19.6 Å². The maximum absolute atomic E-state index is 11.4. The molecular weight excluding hydrogens is 200 g/mol. The van der Waals surface area contributed by atoms with Gasteiger partial charge in [-0.05, 0) is 31.2 Å². The second-order valence-corrected chi connectivity index (χ2v) is 5.29. The summed E-state index contributed by atoms with van der Waals surface area (Å²) < 4.78 is 0. The molecule has 0 bridgehead atoms. The third kappa shape index (κ3) is 6.11. The van der Waals surface area contributed by atoms with Gasteiger partial charge in [0.15, 0.2) is 0 Å². The van der Waals surface area contributed by atoms with Crippen molar-refractivity contribution in [1.29, 1.82) is 0 Å². The number of hydrogen-bond donors (Lipinski definition) is 2. The minimum absolute atomic E-state index is 0.134. The lowest BCUT2D eigenvalue weighted by molar-refractivity contribution is -0.120. The summed E-state index contributed by atoms with van der Waals surface area (Å²) in [5, 5.41) is 6.14. The Kier molecular flexibility index (Phi) is 6.46. The lowest BCUT2D eigenvalue weighted by Gasteiger charge is -2.25. The van der Waals surface area contributed by atoms with Crippen LogP contribution in [0.1, 0.15) is 46.0 Å². The van der Waals surface area contributed by atoms with E-state index in [4.69, 9.17) is 0 Å². The van der Waals surface area contributed by atoms with Crippen molar-refractivity contribution in [3.05, 3.63) is 0 Å². The van der Waals surface area contributed by atoms with Gasteiger partial charge in [-0.1, -0.05) is 33.1 Å². The fourth-order valence-electron chi connectivity index (χ4n) is 1.85. The molecule has 2 N–H and O–H groups in total. The normalized spacial score (nSPS) is 16.2. The average Bonchev–Trinajstić information content (AvgIpc) is 2.14. The second-order valence-electron chi connectivity index (χ2n) is 5.29. The molecule has 0 aliphatic heterocycles. The molecule has 16 heavy (non-hydrogen) atoms. The van der Waals surface area contributed by atoms with Crippen LogP contribution in [0.15, 0.2) is 0 Å². The second kappa shape index (κ2) is 7.66. The number of nitrogens with one attached hydrogen (secondary N) is 2. The molecule has 1 amide bonds. The van der Waals surface area contributed by atoms with E-state index in [0.29, 0.717) is 12.5 Å². The van der Waals surface area contributed by atoms with Gasteiger partial charge in [0.05, 0.1) is 6.54 Å². The Bertz CT molecular complexity index is 200. The van der Waals surface area contributed by atoms with Crippen molar-refractivity contribution in [3.8, 4) is 0 Å². The number of hydrogen-bond acceptors (Lipinski definition) is 2. The maximum atomic E-state index is 11.4. The van der Waals surface area contributed by atoms with Gasteiger partial charge >= 0.3 is 0 Å². The van der Waals surface area contributed by atoms with E-state index in [0.717, 1.165) is 25.4 Å². The smallest absolute Gasteiger partial charge is 0.233 e. The molecule has 0 unspecified atom stereocenters. The molecule has 1 fully saturated rings. The Morgan fingerprint density at radius 3 is 2.62 bits per heavy atom. The number of rotatable bonds is 8. The van der Waals surface area contributed by atoms with Crippen LogP contribution in [0.5, 0.6) is 0 Å². The summed E-state index contributed by atoms with van der Waals surface area (Å²) in [6, 6.07) is 0. The predicted molar refractivity (Wildman–Crippen MR) is 67.3 cm³/mol. The molecule has 94 valence electrons. The van der Waals surface area contributed by atoms with Crippen LogP contribution in [-0.4, -0.2) is 25.5 Å². The van der Waals surface area contributed by atoms with E-state index >= 15 is 0 Å². The highest BCUT2D eigenvalue weighted by molar-refractivity contribution is 5.77. The van der Waals surface area contributed by atoms with Gasteiger partial charge in [-0.2, -0.15) is 0 Å². The molecular formula is C13H26N2O. The van der Waals surface area contributed by atoms with E-state index in [1.165, 1.54) is 25.7 Å². The predicted octanol–water partition coefficient (Wildman–Crippen LogP) is 1.93. The molecule has 0 atom stereocenters. The van der Waals surface area contributed by atoms with Crippen molar-refractivity contribution in [1.82, 2.24) is 10.6 Å². The van der Waals surface area contributed by atoms with Crippen LogP contribution in [0, 0.1) is 11.8 Å². The maximum Gasteiger partial charge on any atom is 0.233 e. The summed E-state index contributed by atoms with van der Waals surface area (Å²) in [6.45, 7) is 6.61. The molecule has 1 aliphatic carbocycles. The third-order valence-corrected chi connectivity index (χ3v) is 3.28. The van der Waals surface area contributed by atoms with Gasteiger partial charge in [-0.3, -0.25) is 4.79 Å². The van der Waals surface area contributed by atoms with Gasteiger partial charge in [-0.15, -0.1) is 0 Å². The molecule has 1 aliphatic rings. The van der Waals surface area contributed by atoms with Gasteiger partial charge in [0.25, 0.3) is 0 Å². The standard InChI is InChI=1S/C13H26N2O/c1-11(2)6-9-15-13(16)10-14-8-7-12-4-3-5-12/h11-12,14H,3-10H2,1-2H3,(H,15,16). The zero-order valence-electron chi connectivity index (χ0n) is 10.7. The Balaban J connectivity index is 1.85. The minimum Gasteiger partial charge on any atom is -0.355 e. The van der Waals surface area contributed by atoms with Crippen LogP contribution < -0.4 is 10.6 Å². The Morgan fingerprint density at radius 2 is 2.06 bits per heavy atom. The molecule has 0 radical (unpaired) electrons. The Morgan fingerprint density at radius 1 is 1.31 bits per heavy atom. The number of carbonyl (C=O) groups is 1. The van der Waals surface area contributed by atoms with Crippen LogP contribution in [0.3, 0.4) is 0 Å². The average molecular weight is 226 g/mol. The first-order chi connectivity index (χ1) is 7.68. The number of amides is 1. The van der Waals surface area contributed by atoms with Gasteiger partial charge in [0, 0.05) is 6.54 Å². The summed E-state index contributed by atoms with van der Waals surface area (Å²) in [7, 11) is 0. The van der Waals surface area contributed by atoms with Crippen molar-refractivity contribution < 1.29 is 4.79 Å². The molecule has 0 aromatic carbocycles. The van der Waals surface area contributed by atoms with Crippen molar-refractivity contribution in [2.24, 2.45) is 11.8 Å². The van der Waals surface area contributed by atoms with Crippen molar-refractivity contribution >= 4 is 5.91 Å². The molecule has 0 spiro atoms. The van der Waals surface area contributed by atoms with E-state index in [1.807, 2.05) is 0 Å². The van der Waals surface area contributed by atoms with Gasteiger partial charge in [0.1, 0.15) is 0 Å². The van der Waals surface area contributed by atoms with E-state index in [9.17, 15) is 4.79 Å². The van der Waals surface area contributed by atoms with Gasteiger partial charge in [0.2, 0.25) is 5.91 Å². The third-order valence-electron chi connectivity index (χ3n) is 3.28.